The summed E-state index contributed by atoms with van der Waals surface area (Å²) < 4.78 is 10.4. The average Bonchev–Trinajstić information content (AvgIpc) is 2.28. The van der Waals surface area contributed by atoms with Crippen molar-refractivity contribution in [2.24, 2.45) is 0 Å². The molecule has 0 aromatic heterocycles. The number of hydrogen-bond acceptors (Lipinski definition) is 3. The van der Waals surface area contributed by atoms with E-state index in [1.807, 2.05) is 12.1 Å². The summed E-state index contributed by atoms with van der Waals surface area (Å²) in [7, 11) is 0. The van der Waals surface area contributed by atoms with Crippen LogP contribution < -0.4 is 10.5 Å². The van der Waals surface area contributed by atoms with Crippen LogP contribution >= 0.6 is 0 Å². The van der Waals surface area contributed by atoms with Crippen molar-refractivity contribution in [2.45, 2.75) is 6.61 Å². The third kappa shape index (κ3) is 1.21. The van der Waals surface area contributed by atoms with E-state index in [0.717, 1.165) is 17.0 Å². The molecule has 2 rings (SSSR count). The third-order valence-corrected chi connectivity index (χ3v) is 1.67. The molecule has 0 amide bonds. The van der Waals surface area contributed by atoms with Crippen molar-refractivity contribution in [2.75, 3.05) is 5.73 Å². The molecular formula is C9H9NO2. The van der Waals surface area contributed by atoms with Gasteiger partial charge in [-0.05, 0) is 18.2 Å². The van der Waals surface area contributed by atoms with Gasteiger partial charge < -0.3 is 15.2 Å². The molecule has 1 aromatic rings. The Morgan fingerprint density at radius 2 is 2.17 bits per heavy atom. The maximum Gasteiger partial charge on any atom is 0.133 e. The maximum atomic E-state index is 5.60. The minimum absolute atomic E-state index is 0.511. The lowest BCUT2D eigenvalue weighted by Gasteiger charge is -2.04. The highest BCUT2D eigenvalue weighted by atomic mass is 16.5. The molecule has 2 N–H and O–H groups in total. The van der Waals surface area contributed by atoms with Crippen LogP contribution in [0, 0.1) is 0 Å². The molecule has 0 unspecified atom stereocenters. The van der Waals surface area contributed by atoms with Gasteiger partial charge in [-0.15, -0.1) is 0 Å². The predicted molar refractivity (Wildman–Crippen MR) is 45.4 cm³/mol. The highest BCUT2D eigenvalue weighted by Crippen LogP contribution is 2.24. The molecule has 0 saturated heterocycles. The van der Waals surface area contributed by atoms with Crippen LogP contribution in [0.5, 0.6) is 5.75 Å². The smallest absolute Gasteiger partial charge is 0.133 e. The molecule has 0 spiro atoms. The third-order valence-electron chi connectivity index (χ3n) is 1.67. The number of benzene rings is 1. The van der Waals surface area contributed by atoms with Gasteiger partial charge in [0.2, 0.25) is 0 Å². The standard InChI is InChI=1S/C9H9NO2/c10-8-1-2-9-7(5-8)6-11-3-4-12-9/h1-5H,6,10H2. The van der Waals surface area contributed by atoms with Gasteiger partial charge in [0.1, 0.15) is 24.9 Å². The van der Waals surface area contributed by atoms with E-state index in [0.29, 0.717) is 6.61 Å². The zero-order valence-corrected chi connectivity index (χ0v) is 6.49. The Morgan fingerprint density at radius 3 is 3.08 bits per heavy atom. The number of anilines is 1. The first kappa shape index (κ1) is 7.03. The molecule has 1 aliphatic heterocycles. The summed E-state index contributed by atoms with van der Waals surface area (Å²) in [6.07, 6.45) is 3.04. The zero-order valence-electron chi connectivity index (χ0n) is 6.49. The SMILES string of the molecule is Nc1ccc2c(c1)COC=CO2. The summed E-state index contributed by atoms with van der Waals surface area (Å²) in [4.78, 5) is 0. The summed E-state index contributed by atoms with van der Waals surface area (Å²) in [6, 6.07) is 5.49. The fourth-order valence-electron chi connectivity index (χ4n) is 1.11. The first-order valence-corrected chi connectivity index (χ1v) is 3.68. The van der Waals surface area contributed by atoms with Crippen molar-refractivity contribution in [1.82, 2.24) is 0 Å². The van der Waals surface area contributed by atoms with Gasteiger partial charge in [0.15, 0.2) is 0 Å². The summed E-state index contributed by atoms with van der Waals surface area (Å²) in [5.41, 5.74) is 7.30. The van der Waals surface area contributed by atoms with Crippen molar-refractivity contribution >= 4 is 5.69 Å². The van der Waals surface area contributed by atoms with E-state index in [2.05, 4.69) is 0 Å². The Bertz CT molecular complexity index is 320. The number of rotatable bonds is 0. The summed E-state index contributed by atoms with van der Waals surface area (Å²) >= 11 is 0. The molecule has 3 nitrogen and oxygen atoms in total. The average molecular weight is 163 g/mol. The molecule has 1 aliphatic rings. The van der Waals surface area contributed by atoms with E-state index in [1.165, 1.54) is 12.5 Å². The number of fused-ring (bicyclic) bond motifs is 1. The lowest BCUT2D eigenvalue weighted by molar-refractivity contribution is 0.237. The monoisotopic (exact) mass is 163 g/mol. The van der Waals surface area contributed by atoms with E-state index >= 15 is 0 Å². The van der Waals surface area contributed by atoms with E-state index in [4.69, 9.17) is 15.2 Å². The van der Waals surface area contributed by atoms with Crippen LogP contribution in [0.1, 0.15) is 5.56 Å². The second kappa shape index (κ2) is 2.77. The minimum Gasteiger partial charge on any atom is -0.493 e. The van der Waals surface area contributed by atoms with Gasteiger partial charge in [-0.1, -0.05) is 0 Å². The van der Waals surface area contributed by atoms with Crippen LogP contribution in [-0.2, 0) is 11.3 Å². The molecule has 3 heteroatoms. The molecule has 62 valence electrons. The van der Waals surface area contributed by atoms with Gasteiger partial charge in [0.25, 0.3) is 0 Å². The van der Waals surface area contributed by atoms with Crippen molar-refractivity contribution in [3.63, 3.8) is 0 Å². The second-order valence-electron chi connectivity index (χ2n) is 2.57. The first-order chi connectivity index (χ1) is 5.86. The van der Waals surface area contributed by atoms with Gasteiger partial charge in [0.05, 0.1) is 0 Å². The number of hydrogen-bond donors (Lipinski definition) is 1. The van der Waals surface area contributed by atoms with E-state index in [-0.39, 0.29) is 0 Å². The fourth-order valence-corrected chi connectivity index (χ4v) is 1.11. The predicted octanol–water partition coefficient (Wildman–Crippen LogP) is 1.65. The van der Waals surface area contributed by atoms with Gasteiger partial charge in [0, 0.05) is 11.3 Å². The molecule has 0 fully saturated rings. The number of nitrogen functional groups attached to an aromatic ring is 1. The minimum atomic E-state index is 0.511. The van der Waals surface area contributed by atoms with Crippen LogP contribution in [0.15, 0.2) is 30.7 Å². The summed E-state index contributed by atoms with van der Waals surface area (Å²) in [5, 5.41) is 0. The van der Waals surface area contributed by atoms with Crippen molar-refractivity contribution < 1.29 is 9.47 Å². The van der Waals surface area contributed by atoms with Gasteiger partial charge in [-0.2, -0.15) is 0 Å². The van der Waals surface area contributed by atoms with E-state index in [9.17, 15) is 0 Å². The summed E-state index contributed by atoms with van der Waals surface area (Å²) in [5.74, 6) is 0.804. The van der Waals surface area contributed by atoms with E-state index in [1.54, 1.807) is 6.07 Å². The zero-order chi connectivity index (χ0) is 8.39. The lowest BCUT2D eigenvalue weighted by atomic mass is 10.2. The molecule has 0 atom stereocenters. The molecule has 0 aliphatic carbocycles. The van der Waals surface area contributed by atoms with Crippen LogP contribution in [0.4, 0.5) is 5.69 Å². The molecule has 0 radical (unpaired) electrons. The van der Waals surface area contributed by atoms with Crippen LogP contribution in [0.2, 0.25) is 0 Å². The first-order valence-electron chi connectivity index (χ1n) is 3.68. The Kier molecular flexibility index (Phi) is 1.63. The Morgan fingerprint density at radius 1 is 1.25 bits per heavy atom. The molecular weight excluding hydrogens is 154 g/mol. The van der Waals surface area contributed by atoms with Gasteiger partial charge in [-0.3, -0.25) is 0 Å². The topological polar surface area (TPSA) is 44.5 Å². The molecule has 1 aromatic carbocycles. The number of ether oxygens (including phenoxy) is 2. The van der Waals surface area contributed by atoms with Gasteiger partial charge >= 0.3 is 0 Å². The molecule has 1 heterocycles. The molecule has 0 saturated carbocycles. The Labute approximate surface area is 70.4 Å². The Balaban J connectivity index is 2.42. The van der Waals surface area contributed by atoms with Crippen LogP contribution in [-0.4, -0.2) is 0 Å². The molecule has 0 bridgehead atoms. The highest BCUT2D eigenvalue weighted by molar-refractivity contribution is 5.48. The van der Waals surface area contributed by atoms with Gasteiger partial charge in [-0.25, -0.2) is 0 Å². The van der Waals surface area contributed by atoms with Crippen molar-refractivity contribution in [3.05, 3.63) is 36.3 Å². The second-order valence-corrected chi connectivity index (χ2v) is 2.57. The van der Waals surface area contributed by atoms with Crippen molar-refractivity contribution in [1.29, 1.82) is 0 Å². The van der Waals surface area contributed by atoms with Crippen LogP contribution in [0.3, 0.4) is 0 Å². The Hall–Kier alpha value is -1.64. The van der Waals surface area contributed by atoms with E-state index < -0.39 is 0 Å². The molecule has 12 heavy (non-hydrogen) atoms. The quantitative estimate of drug-likeness (QED) is 0.591. The highest BCUT2D eigenvalue weighted by Gasteiger charge is 2.05. The van der Waals surface area contributed by atoms with Crippen LogP contribution in [0.25, 0.3) is 0 Å². The maximum absolute atomic E-state index is 5.60. The fraction of sp³-hybridized carbons (Fsp3) is 0.111. The summed E-state index contributed by atoms with van der Waals surface area (Å²) in [6.45, 7) is 0.511. The normalized spacial score (nSPS) is 14.0. The largest absolute Gasteiger partial charge is 0.493 e. The van der Waals surface area contributed by atoms with Crippen molar-refractivity contribution in [3.8, 4) is 5.75 Å². The number of nitrogens with two attached hydrogens (primary N) is 1. The lowest BCUT2D eigenvalue weighted by Crippen LogP contribution is -1.92.